The minimum atomic E-state index is -4.52. The number of rotatable bonds is 5. The van der Waals surface area contributed by atoms with Gasteiger partial charge >= 0.3 is 6.18 Å². The molecule has 1 aliphatic rings. The van der Waals surface area contributed by atoms with E-state index in [1.54, 1.807) is 18.2 Å². The van der Waals surface area contributed by atoms with Crippen LogP contribution in [0.2, 0.25) is 0 Å². The average Bonchev–Trinajstić information content (AvgIpc) is 2.80. The van der Waals surface area contributed by atoms with Crippen LogP contribution < -0.4 is 15.5 Å². The maximum atomic E-state index is 13.4. The summed E-state index contributed by atoms with van der Waals surface area (Å²) in [6.07, 6.45) is -1.55. The van der Waals surface area contributed by atoms with E-state index in [1.165, 1.54) is 0 Å². The molecule has 0 aliphatic heterocycles. The van der Waals surface area contributed by atoms with Crippen molar-refractivity contribution in [1.29, 1.82) is 0 Å². The van der Waals surface area contributed by atoms with Crippen LogP contribution in [-0.4, -0.2) is 37.1 Å². The Kier molecular flexibility index (Phi) is 7.02. The number of anilines is 2. The maximum Gasteiger partial charge on any atom is 0.433 e. The van der Waals surface area contributed by atoms with Crippen LogP contribution in [0.15, 0.2) is 53.0 Å². The lowest BCUT2D eigenvalue weighted by Crippen LogP contribution is -2.40. The number of hydrogen-bond acceptors (Lipinski definition) is 4. The molecule has 0 unspecified atom stereocenters. The summed E-state index contributed by atoms with van der Waals surface area (Å²) in [6, 6.07) is 13.6. The summed E-state index contributed by atoms with van der Waals surface area (Å²) in [5.74, 6) is -0.110. The molecule has 0 radical (unpaired) electrons. The highest BCUT2D eigenvalue weighted by Crippen LogP contribution is 2.35. The van der Waals surface area contributed by atoms with E-state index in [2.05, 4.69) is 31.5 Å². The van der Waals surface area contributed by atoms with E-state index in [4.69, 9.17) is 0 Å². The molecule has 1 saturated carbocycles. The zero-order chi connectivity index (χ0) is 24.5. The summed E-state index contributed by atoms with van der Waals surface area (Å²) >= 11 is 3.39. The molecule has 4 rings (SSSR count). The van der Waals surface area contributed by atoms with Gasteiger partial charge in [0.05, 0.1) is 5.52 Å². The van der Waals surface area contributed by atoms with E-state index >= 15 is 0 Å². The van der Waals surface area contributed by atoms with Crippen LogP contribution in [0.5, 0.6) is 0 Å². The lowest BCUT2D eigenvalue weighted by Gasteiger charge is -2.31. The van der Waals surface area contributed by atoms with Crippen LogP contribution in [0.25, 0.3) is 10.9 Å². The van der Waals surface area contributed by atoms with Crippen LogP contribution in [0.4, 0.5) is 24.5 Å². The van der Waals surface area contributed by atoms with Crippen molar-refractivity contribution < 1.29 is 18.0 Å². The number of nitrogens with zero attached hydrogens (tertiary/aromatic N) is 2. The Hall–Kier alpha value is -2.81. The van der Waals surface area contributed by atoms with Crippen molar-refractivity contribution >= 4 is 44.1 Å². The summed E-state index contributed by atoms with van der Waals surface area (Å²) in [5.41, 5.74) is 1.44. The average molecular weight is 535 g/mol. The molecule has 180 valence electrons. The van der Waals surface area contributed by atoms with E-state index in [0.717, 1.165) is 41.9 Å². The summed E-state index contributed by atoms with van der Waals surface area (Å²) in [5, 5.41) is 7.03. The zero-order valence-electron chi connectivity index (χ0n) is 18.9. The lowest BCUT2D eigenvalue weighted by atomic mass is 9.90. The minimum absolute atomic E-state index is 0.0122. The van der Waals surface area contributed by atoms with Gasteiger partial charge < -0.3 is 15.5 Å². The fraction of sp³-hybridized carbons (Fsp3) is 0.360. The first-order chi connectivity index (χ1) is 16.1. The Morgan fingerprint density at radius 3 is 2.26 bits per heavy atom. The third-order valence-corrected chi connectivity index (χ3v) is 6.62. The molecule has 3 aromatic rings. The van der Waals surface area contributed by atoms with Gasteiger partial charge in [-0.2, -0.15) is 13.2 Å². The summed E-state index contributed by atoms with van der Waals surface area (Å²) in [7, 11) is 3.89. The van der Waals surface area contributed by atoms with Crippen molar-refractivity contribution in [3.63, 3.8) is 0 Å². The molecule has 2 N–H and O–H groups in total. The van der Waals surface area contributed by atoms with E-state index in [1.807, 2.05) is 43.3 Å². The molecule has 1 aromatic heterocycles. The monoisotopic (exact) mass is 534 g/mol. The van der Waals surface area contributed by atoms with Crippen molar-refractivity contribution in [2.24, 2.45) is 0 Å². The number of fused-ring (bicyclic) bond motifs is 1. The topological polar surface area (TPSA) is 57.3 Å². The third kappa shape index (κ3) is 5.63. The highest BCUT2D eigenvalue weighted by molar-refractivity contribution is 9.10. The smallest absolute Gasteiger partial charge is 0.382 e. The number of aromatic nitrogens is 1. The minimum Gasteiger partial charge on any atom is -0.382 e. The van der Waals surface area contributed by atoms with Gasteiger partial charge in [0.15, 0.2) is 0 Å². The van der Waals surface area contributed by atoms with E-state index in [-0.39, 0.29) is 18.0 Å². The van der Waals surface area contributed by atoms with Gasteiger partial charge in [0.2, 0.25) is 0 Å². The molecular weight excluding hydrogens is 509 g/mol. The number of pyridine rings is 1. The largest absolute Gasteiger partial charge is 0.433 e. The van der Waals surface area contributed by atoms with Crippen LogP contribution >= 0.6 is 15.9 Å². The SMILES string of the molecule is CN(C)c1ccc(C(=O)NC2CCC(Nc3cc(C(F)(F)F)nc4ccc(Br)cc34)CC2)cc1. The number of benzene rings is 2. The Bertz CT molecular complexity index is 1170. The van der Waals surface area contributed by atoms with Gasteiger partial charge in [-0.05, 0) is 74.2 Å². The predicted molar refractivity (Wildman–Crippen MR) is 132 cm³/mol. The van der Waals surface area contributed by atoms with Crippen molar-refractivity contribution in [1.82, 2.24) is 10.3 Å². The summed E-state index contributed by atoms with van der Waals surface area (Å²) in [4.78, 5) is 18.4. The second-order valence-corrected chi connectivity index (χ2v) is 9.74. The Balaban J connectivity index is 1.41. The third-order valence-electron chi connectivity index (χ3n) is 6.13. The number of carbonyl (C=O) groups excluding carboxylic acids is 1. The van der Waals surface area contributed by atoms with Crippen molar-refractivity contribution in [3.05, 3.63) is 64.3 Å². The van der Waals surface area contributed by atoms with Gasteiger partial charge in [-0.15, -0.1) is 0 Å². The molecule has 9 heteroatoms. The fourth-order valence-electron chi connectivity index (χ4n) is 4.24. The fourth-order valence-corrected chi connectivity index (χ4v) is 4.61. The number of alkyl halides is 3. The second kappa shape index (κ2) is 9.82. The molecule has 0 atom stereocenters. The molecule has 1 amide bonds. The first-order valence-corrected chi connectivity index (χ1v) is 11.9. The number of carbonyl (C=O) groups is 1. The summed E-state index contributed by atoms with van der Waals surface area (Å²) < 4.78 is 40.9. The molecule has 1 fully saturated rings. The van der Waals surface area contributed by atoms with Gasteiger partial charge in [-0.3, -0.25) is 4.79 Å². The normalized spacial score (nSPS) is 18.5. The van der Waals surface area contributed by atoms with Gasteiger partial charge in [0.25, 0.3) is 5.91 Å². The van der Waals surface area contributed by atoms with Crippen LogP contribution in [0.3, 0.4) is 0 Å². The predicted octanol–water partition coefficient (Wildman–Crippen LogP) is 6.24. The Labute approximate surface area is 204 Å². The summed E-state index contributed by atoms with van der Waals surface area (Å²) in [6.45, 7) is 0. The maximum absolute atomic E-state index is 13.4. The molecule has 1 heterocycles. The first-order valence-electron chi connectivity index (χ1n) is 11.1. The highest BCUT2D eigenvalue weighted by atomic mass is 79.9. The molecular formula is C25H26BrF3N4O. The Morgan fingerprint density at radius 1 is 1.00 bits per heavy atom. The van der Waals surface area contributed by atoms with E-state index < -0.39 is 11.9 Å². The molecule has 5 nitrogen and oxygen atoms in total. The van der Waals surface area contributed by atoms with Crippen molar-refractivity contribution in [2.75, 3.05) is 24.3 Å². The molecule has 2 aromatic carbocycles. The van der Waals surface area contributed by atoms with Crippen LogP contribution in [0.1, 0.15) is 41.7 Å². The van der Waals surface area contributed by atoms with E-state index in [9.17, 15) is 18.0 Å². The standard InChI is InChI=1S/C25H26BrF3N4O/c1-33(2)19-10-3-15(4-11-19)24(34)31-18-8-6-17(7-9-18)30-22-14-23(25(27,28)29)32-21-12-5-16(26)13-20(21)22/h3-5,10-14,17-18H,6-9H2,1-2H3,(H,30,32)(H,31,34). The first kappa shape index (κ1) is 24.3. The number of halogens is 4. The van der Waals surface area contributed by atoms with Gasteiger partial charge in [0.1, 0.15) is 5.69 Å². The van der Waals surface area contributed by atoms with Gasteiger partial charge in [-0.25, -0.2) is 4.98 Å². The quantitative estimate of drug-likeness (QED) is 0.407. The van der Waals surface area contributed by atoms with E-state index in [0.29, 0.717) is 22.2 Å². The Morgan fingerprint density at radius 2 is 1.65 bits per heavy atom. The second-order valence-electron chi connectivity index (χ2n) is 8.82. The van der Waals surface area contributed by atoms with Crippen molar-refractivity contribution in [2.45, 2.75) is 43.9 Å². The zero-order valence-corrected chi connectivity index (χ0v) is 20.5. The molecule has 0 bridgehead atoms. The molecule has 1 aliphatic carbocycles. The van der Waals surface area contributed by atoms with Crippen LogP contribution in [0, 0.1) is 0 Å². The van der Waals surface area contributed by atoms with Crippen molar-refractivity contribution in [3.8, 4) is 0 Å². The van der Waals surface area contributed by atoms with Crippen LogP contribution in [-0.2, 0) is 6.18 Å². The molecule has 0 spiro atoms. The molecule has 34 heavy (non-hydrogen) atoms. The molecule has 0 saturated heterocycles. The lowest BCUT2D eigenvalue weighted by molar-refractivity contribution is -0.140. The number of hydrogen-bond donors (Lipinski definition) is 2. The van der Waals surface area contributed by atoms with Gasteiger partial charge in [-0.1, -0.05) is 15.9 Å². The number of amides is 1. The highest BCUT2D eigenvalue weighted by Gasteiger charge is 2.34. The number of nitrogens with one attached hydrogen (secondary N) is 2. The van der Waals surface area contributed by atoms with Gasteiger partial charge in [0, 0.05) is 53.0 Å².